The largest absolute Gasteiger partial charge is 0.296 e. The maximum atomic E-state index is 12.4. The highest BCUT2D eigenvalue weighted by molar-refractivity contribution is 8.27. The first kappa shape index (κ1) is 22.4. The van der Waals surface area contributed by atoms with Gasteiger partial charge in [-0.3, -0.25) is 19.4 Å². The number of amides is 2. The van der Waals surface area contributed by atoms with Crippen LogP contribution in [0.3, 0.4) is 0 Å². The predicted octanol–water partition coefficient (Wildman–Crippen LogP) is 8.08. The molecular formula is C24H14N2O2S8. The molecule has 36 heavy (non-hydrogen) atoms. The first-order valence-corrected chi connectivity index (χ1v) is 16.0. The molecule has 4 aromatic rings. The van der Waals surface area contributed by atoms with Gasteiger partial charge in [-0.05, 0) is 48.5 Å². The number of fused-ring (bicyclic) bond motifs is 1. The first-order valence-electron chi connectivity index (χ1n) is 11.3. The third-order valence-electron chi connectivity index (χ3n) is 5.30. The van der Waals surface area contributed by atoms with Crippen molar-refractivity contribution < 1.29 is 12.3 Å². The van der Waals surface area contributed by atoms with Gasteiger partial charge in [0.05, 0.1) is 12.6 Å². The minimum absolute atomic E-state index is 0.215. The predicted molar refractivity (Wildman–Crippen MR) is 168 cm³/mol. The number of carbonyl (C=O) groups is 2. The van der Waals surface area contributed by atoms with E-state index in [0.717, 1.165) is 29.3 Å². The molecule has 2 amide bonds. The van der Waals surface area contributed by atoms with Crippen LogP contribution in [0.1, 0.15) is 12.5 Å². The number of thioether (sulfide) groups is 2. The van der Waals surface area contributed by atoms with E-state index in [2.05, 4.69) is 12.1 Å². The van der Waals surface area contributed by atoms with Crippen LogP contribution >= 0.6 is 93.3 Å². The molecule has 0 N–H and O–H groups in total. The molecule has 2 saturated heterocycles. The van der Waals surface area contributed by atoms with E-state index in [-0.39, 0.29) is 23.9 Å². The second-order valence-corrected chi connectivity index (χ2v) is 15.3. The van der Waals surface area contributed by atoms with Crippen LogP contribution in [-0.4, -0.2) is 44.4 Å². The fourth-order valence-electron chi connectivity index (χ4n) is 3.40. The Bertz CT molecular complexity index is 1620. The average molecular weight is 621 g/mol. The number of hydrogen-bond acceptors (Lipinski definition) is 10. The van der Waals surface area contributed by atoms with Crippen molar-refractivity contribution in [3.05, 3.63) is 56.0 Å². The molecule has 12 heteroatoms. The van der Waals surface area contributed by atoms with Gasteiger partial charge in [0.1, 0.15) is 8.64 Å². The summed E-state index contributed by atoms with van der Waals surface area (Å²) >= 11 is 19.1. The summed E-state index contributed by atoms with van der Waals surface area (Å²) in [5.41, 5.74) is 0. The molecule has 0 unspecified atom stereocenters. The molecule has 2 aliphatic rings. The number of hydrogen-bond donors (Lipinski definition) is 0. The molecule has 0 spiro atoms. The Labute approximate surface area is 245 Å². The number of nitrogens with zero attached hydrogens (tertiary/aromatic N) is 2. The van der Waals surface area contributed by atoms with E-state index >= 15 is 0 Å². The van der Waals surface area contributed by atoms with Gasteiger partial charge in [0.25, 0.3) is 11.8 Å². The van der Waals surface area contributed by atoms with E-state index in [1.807, 2.05) is 24.3 Å². The fraction of sp³-hybridized carbons (Fsp3) is 0.0833. The zero-order valence-corrected chi connectivity index (χ0v) is 25.0. The Balaban J connectivity index is 1.25. The van der Waals surface area contributed by atoms with E-state index in [1.54, 1.807) is 36.8 Å². The summed E-state index contributed by atoms with van der Waals surface area (Å²) in [6, 6.07) is 12.5. The molecule has 0 aliphatic carbocycles. The summed E-state index contributed by atoms with van der Waals surface area (Å²) in [5.74, 6) is -0.446. The summed E-state index contributed by atoms with van der Waals surface area (Å²) < 4.78 is 20.4. The molecule has 2 aliphatic heterocycles. The highest BCUT2D eigenvalue weighted by Crippen LogP contribution is 2.45. The summed E-state index contributed by atoms with van der Waals surface area (Å²) in [4.78, 5) is 34.2. The van der Waals surface area contributed by atoms with Crippen molar-refractivity contribution in [2.75, 3.05) is 14.1 Å². The van der Waals surface area contributed by atoms with E-state index < -0.39 is 0 Å². The SMILES string of the molecule is [2H]/C(=C1/SC(=S)N(C)C1=O)c1ccc(-c2cc3sc(-c4ccc(/C([2H])=C5\SC(=S)N(C)C5=O)s4)cc3s2)s1. The fourth-order valence-corrected chi connectivity index (χ4v) is 10.1. The Morgan fingerprint density at radius 2 is 1.11 bits per heavy atom. The maximum absolute atomic E-state index is 12.4. The zero-order valence-electron chi connectivity index (χ0n) is 20.4. The van der Waals surface area contributed by atoms with Crippen LogP contribution in [0.5, 0.6) is 0 Å². The van der Waals surface area contributed by atoms with Gasteiger partial charge in [0.15, 0.2) is 0 Å². The van der Waals surface area contributed by atoms with Gasteiger partial charge in [-0.15, -0.1) is 45.3 Å². The zero-order chi connectivity index (χ0) is 26.9. The lowest BCUT2D eigenvalue weighted by Crippen LogP contribution is -2.22. The van der Waals surface area contributed by atoms with Crippen molar-refractivity contribution in [3.8, 4) is 19.5 Å². The summed E-state index contributed by atoms with van der Waals surface area (Å²) in [6.07, 6.45) is 0. The number of rotatable bonds is 4. The minimum atomic E-state index is -0.223. The van der Waals surface area contributed by atoms with Crippen LogP contribution in [0.2, 0.25) is 0 Å². The third kappa shape index (κ3) is 4.47. The number of thiophene rings is 4. The van der Waals surface area contributed by atoms with Crippen molar-refractivity contribution in [1.29, 1.82) is 0 Å². The number of carbonyl (C=O) groups excluding carboxylic acids is 2. The van der Waals surface area contributed by atoms with Crippen molar-refractivity contribution in [1.82, 2.24) is 9.80 Å². The van der Waals surface area contributed by atoms with Crippen molar-refractivity contribution in [3.63, 3.8) is 0 Å². The molecule has 180 valence electrons. The summed E-state index contributed by atoms with van der Waals surface area (Å²) in [5, 5.41) is 0. The standard InChI is InChI=1S/C24H14N2O2S8/c1-25-21(27)19(35-23(25)29)7-11-3-5-13(31-11)15-9-17-18(33-15)10-16(34-17)14-6-4-12(32-14)8-20-22(28)26(2)24(30)36-20/h3-10H,1-2H3/b19-7-,20-8-/i7D,8D. The van der Waals surface area contributed by atoms with Gasteiger partial charge in [-0.1, -0.05) is 48.0 Å². The smallest absolute Gasteiger partial charge is 0.265 e. The molecule has 0 atom stereocenters. The Morgan fingerprint density at radius 1 is 0.694 bits per heavy atom. The lowest BCUT2D eigenvalue weighted by atomic mass is 10.3. The molecule has 0 saturated carbocycles. The molecule has 2 fully saturated rings. The van der Waals surface area contributed by atoms with Gasteiger partial charge in [0, 0.05) is 52.8 Å². The minimum Gasteiger partial charge on any atom is -0.296 e. The Hall–Kier alpha value is -1.64. The Morgan fingerprint density at radius 3 is 1.47 bits per heavy atom. The van der Waals surface area contributed by atoms with Crippen LogP contribution in [0, 0.1) is 0 Å². The average Bonchev–Trinajstić information content (AvgIpc) is 3.72. The second kappa shape index (κ2) is 9.59. The normalized spacial score (nSPS) is 20.2. The van der Waals surface area contributed by atoms with Crippen molar-refractivity contribution in [2.45, 2.75) is 0 Å². The quantitative estimate of drug-likeness (QED) is 0.170. The van der Waals surface area contributed by atoms with Crippen LogP contribution in [0.4, 0.5) is 0 Å². The van der Waals surface area contributed by atoms with E-state index in [1.165, 1.54) is 65.4 Å². The molecule has 0 radical (unpaired) electrons. The van der Waals surface area contributed by atoms with Crippen LogP contribution in [0.25, 0.3) is 41.0 Å². The van der Waals surface area contributed by atoms with E-state index in [4.69, 9.17) is 27.2 Å². The number of thiocarbonyl (C=S) groups is 2. The first-order chi connectivity index (χ1) is 18.1. The molecule has 6 rings (SSSR count). The lowest BCUT2D eigenvalue weighted by Gasteiger charge is -2.03. The van der Waals surface area contributed by atoms with Crippen LogP contribution < -0.4 is 0 Å². The van der Waals surface area contributed by atoms with Gasteiger partial charge >= 0.3 is 0 Å². The van der Waals surface area contributed by atoms with E-state index in [9.17, 15) is 9.59 Å². The van der Waals surface area contributed by atoms with Gasteiger partial charge in [-0.2, -0.15) is 0 Å². The van der Waals surface area contributed by atoms with Crippen LogP contribution in [0.15, 0.2) is 46.2 Å². The van der Waals surface area contributed by atoms with Gasteiger partial charge < -0.3 is 0 Å². The lowest BCUT2D eigenvalue weighted by molar-refractivity contribution is -0.122. The molecule has 0 bridgehead atoms. The number of likely N-dealkylation sites (N-methyl/N-ethyl adjacent to an activating group) is 2. The van der Waals surface area contributed by atoms with Gasteiger partial charge in [0.2, 0.25) is 0 Å². The highest BCUT2D eigenvalue weighted by atomic mass is 32.2. The van der Waals surface area contributed by atoms with Crippen molar-refractivity contribution in [2.24, 2.45) is 0 Å². The topological polar surface area (TPSA) is 40.6 Å². The molecular weight excluding hydrogens is 605 g/mol. The summed E-state index contributed by atoms with van der Waals surface area (Å²) in [7, 11) is 3.27. The van der Waals surface area contributed by atoms with E-state index in [0.29, 0.717) is 18.5 Å². The molecule has 6 heterocycles. The maximum Gasteiger partial charge on any atom is 0.265 e. The molecule has 4 aromatic heterocycles. The molecule has 0 aromatic carbocycles. The van der Waals surface area contributed by atoms with Crippen molar-refractivity contribution >= 4 is 135 Å². The summed E-state index contributed by atoms with van der Waals surface area (Å²) in [6.45, 7) is 0. The van der Waals surface area contributed by atoms with Gasteiger partial charge in [-0.25, -0.2) is 0 Å². The Kier molecular flexibility index (Phi) is 5.95. The van der Waals surface area contributed by atoms with Crippen LogP contribution in [-0.2, 0) is 9.59 Å². The second-order valence-electron chi connectivity index (χ2n) is 7.65. The third-order valence-corrected chi connectivity index (χ3v) is 12.9. The molecule has 4 nitrogen and oxygen atoms in total. The monoisotopic (exact) mass is 620 g/mol. The highest BCUT2D eigenvalue weighted by Gasteiger charge is 2.29.